The minimum absolute atomic E-state index is 0.341. The molecule has 0 spiro atoms. The highest BCUT2D eigenvalue weighted by atomic mass is 79.9. The van der Waals surface area contributed by atoms with Crippen molar-refractivity contribution in [3.63, 3.8) is 0 Å². The Morgan fingerprint density at radius 3 is 2.47 bits per heavy atom. The number of carbonyl (C=O) groups is 1. The monoisotopic (exact) mass is 299 g/mol. The van der Waals surface area contributed by atoms with E-state index in [2.05, 4.69) is 34.7 Å². The predicted molar refractivity (Wildman–Crippen MR) is 73.9 cm³/mol. The van der Waals surface area contributed by atoms with Crippen molar-refractivity contribution >= 4 is 27.6 Å². The van der Waals surface area contributed by atoms with Crippen molar-refractivity contribution in [2.75, 3.05) is 11.9 Å². The third-order valence-electron chi connectivity index (χ3n) is 3.06. The molecule has 4 heteroatoms. The number of benzene rings is 1. The molecule has 1 rings (SSSR count). The highest BCUT2D eigenvalue weighted by Crippen LogP contribution is 2.26. The van der Waals surface area contributed by atoms with E-state index in [4.69, 9.17) is 0 Å². The summed E-state index contributed by atoms with van der Waals surface area (Å²) in [6, 6.07) is 5.75. The van der Waals surface area contributed by atoms with E-state index in [1.54, 1.807) is 6.07 Å². The quantitative estimate of drug-likeness (QED) is 0.900. The number of hydrogen-bond acceptors (Lipinski definition) is 2. The van der Waals surface area contributed by atoms with Crippen LogP contribution in [0, 0.1) is 0 Å². The first-order valence-electron chi connectivity index (χ1n) is 5.76. The Morgan fingerprint density at radius 1 is 1.41 bits per heavy atom. The molecule has 3 nitrogen and oxygen atoms in total. The van der Waals surface area contributed by atoms with Crippen LogP contribution in [-0.2, 0) is 0 Å². The van der Waals surface area contributed by atoms with Crippen LogP contribution in [0.5, 0.6) is 0 Å². The lowest BCUT2D eigenvalue weighted by atomic mass is 10.1. The topological polar surface area (TPSA) is 40.5 Å². The van der Waals surface area contributed by atoms with Gasteiger partial charge in [-0.05, 0) is 31.0 Å². The third-order valence-corrected chi connectivity index (χ3v) is 3.55. The summed E-state index contributed by atoms with van der Waals surface area (Å²) in [6.07, 6.45) is 2.00. The SMILES string of the molecule is CCC(CC)N(C)c1ccc(Br)cc1C(=O)O. The number of carboxylic acids is 1. The van der Waals surface area contributed by atoms with E-state index >= 15 is 0 Å². The van der Waals surface area contributed by atoms with Crippen molar-refractivity contribution in [2.24, 2.45) is 0 Å². The number of halogens is 1. The molecule has 0 saturated heterocycles. The Kier molecular flexibility index (Phi) is 5.00. The number of rotatable bonds is 5. The Labute approximate surface area is 111 Å². The van der Waals surface area contributed by atoms with E-state index in [9.17, 15) is 9.90 Å². The summed E-state index contributed by atoms with van der Waals surface area (Å²) in [6.45, 7) is 4.23. The Hall–Kier alpha value is -1.03. The maximum Gasteiger partial charge on any atom is 0.337 e. The Bertz CT molecular complexity index is 402. The molecule has 0 unspecified atom stereocenters. The van der Waals surface area contributed by atoms with E-state index in [0.717, 1.165) is 23.0 Å². The molecule has 0 heterocycles. The standard InChI is InChI=1S/C13H18BrNO2/c1-4-10(5-2)15(3)12-7-6-9(14)8-11(12)13(16)17/h6-8,10H,4-5H2,1-3H3,(H,16,17). The third kappa shape index (κ3) is 3.22. The molecule has 0 fully saturated rings. The lowest BCUT2D eigenvalue weighted by Gasteiger charge is -2.29. The average Bonchev–Trinajstić information content (AvgIpc) is 2.30. The van der Waals surface area contributed by atoms with Gasteiger partial charge in [-0.2, -0.15) is 0 Å². The first kappa shape index (κ1) is 14.0. The predicted octanol–water partition coefficient (Wildman–Crippen LogP) is 3.77. The molecule has 1 N–H and O–H groups in total. The van der Waals surface area contributed by atoms with Gasteiger partial charge in [-0.25, -0.2) is 4.79 Å². The van der Waals surface area contributed by atoms with Crippen LogP contribution < -0.4 is 4.90 Å². The molecule has 94 valence electrons. The van der Waals surface area contributed by atoms with Crippen LogP contribution in [0.15, 0.2) is 22.7 Å². The summed E-state index contributed by atoms with van der Waals surface area (Å²) in [4.78, 5) is 13.3. The normalized spacial score (nSPS) is 10.6. The largest absolute Gasteiger partial charge is 0.478 e. The molecule has 0 aromatic heterocycles. The number of anilines is 1. The van der Waals surface area contributed by atoms with E-state index in [0.29, 0.717) is 11.6 Å². The van der Waals surface area contributed by atoms with E-state index in [1.165, 1.54) is 0 Å². The van der Waals surface area contributed by atoms with Crippen LogP contribution in [0.25, 0.3) is 0 Å². The Balaban J connectivity index is 3.16. The Morgan fingerprint density at radius 2 is 2.00 bits per heavy atom. The molecule has 1 aromatic carbocycles. The van der Waals surface area contributed by atoms with Gasteiger partial charge < -0.3 is 10.0 Å². The van der Waals surface area contributed by atoms with Crippen LogP contribution in [-0.4, -0.2) is 24.2 Å². The first-order valence-corrected chi connectivity index (χ1v) is 6.56. The number of nitrogens with zero attached hydrogens (tertiary/aromatic N) is 1. The second-order valence-corrected chi connectivity index (χ2v) is 4.96. The van der Waals surface area contributed by atoms with Gasteiger partial charge in [0.25, 0.3) is 0 Å². The van der Waals surface area contributed by atoms with Crippen molar-refractivity contribution in [3.05, 3.63) is 28.2 Å². The van der Waals surface area contributed by atoms with Crippen molar-refractivity contribution in [3.8, 4) is 0 Å². The highest BCUT2D eigenvalue weighted by molar-refractivity contribution is 9.10. The first-order chi connectivity index (χ1) is 8.01. The zero-order chi connectivity index (χ0) is 13.0. The molecule has 0 bridgehead atoms. The minimum Gasteiger partial charge on any atom is -0.478 e. The summed E-state index contributed by atoms with van der Waals surface area (Å²) in [5.41, 5.74) is 1.11. The van der Waals surface area contributed by atoms with Gasteiger partial charge in [-0.1, -0.05) is 29.8 Å². The van der Waals surface area contributed by atoms with E-state index in [1.807, 2.05) is 19.2 Å². The van der Waals surface area contributed by atoms with Crippen LogP contribution in [0.1, 0.15) is 37.0 Å². The number of aromatic carboxylic acids is 1. The molecule has 0 aliphatic rings. The lowest BCUT2D eigenvalue weighted by Crippen LogP contribution is -2.31. The van der Waals surface area contributed by atoms with Crippen molar-refractivity contribution in [1.29, 1.82) is 0 Å². The molecule has 1 aromatic rings. The molecule has 0 aliphatic heterocycles. The molecular weight excluding hydrogens is 282 g/mol. The van der Waals surface area contributed by atoms with E-state index < -0.39 is 5.97 Å². The summed E-state index contributed by atoms with van der Waals surface area (Å²) >= 11 is 3.30. The van der Waals surface area contributed by atoms with Gasteiger partial charge in [0.2, 0.25) is 0 Å². The number of carboxylic acid groups (broad SMARTS) is 1. The van der Waals surface area contributed by atoms with Gasteiger partial charge in [0.15, 0.2) is 0 Å². The van der Waals surface area contributed by atoms with Crippen LogP contribution >= 0.6 is 15.9 Å². The van der Waals surface area contributed by atoms with Gasteiger partial charge in [-0.15, -0.1) is 0 Å². The zero-order valence-electron chi connectivity index (χ0n) is 10.4. The molecule has 0 atom stereocenters. The average molecular weight is 300 g/mol. The van der Waals surface area contributed by atoms with Gasteiger partial charge >= 0.3 is 5.97 Å². The molecular formula is C13H18BrNO2. The van der Waals surface area contributed by atoms with Gasteiger partial charge in [0.1, 0.15) is 0 Å². The summed E-state index contributed by atoms with van der Waals surface area (Å²) in [5, 5.41) is 9.22. The molecule has 17 heavy (non-hydrogen) atoms. The van der Waals surface area contributed by atoms with Gasteiger partial charge in [0, 0.05) is 17.6 Å². The smallest absolute Gasteiger partial charge is 0.337 e. The van der Waals surface area contributed by atoms with Crippen LogP contribution in [0.3, 0.4) is 0 Å². The molecule has 0 amide bonds. The molecule has 0 aliphatic carbocycles. The van der Waals surface area contributed by atoms with Gasteiger partial charge in [-0.3, -0.25) is 0 Å². The minimum atomic E-state index is -0.890. The summed E-state index contributed by atoms with van der Waals surface area (Å²) < 4.78 is 0.789. The fourth-order valence-electron chi connectivity index (χ4n) is 2.02. The van der Waals surface area contributed by atoms with Gasteiger partial charge in [0.05, 0.1) is 11.3 Å². The second-order valence-electron chi connectivity index (χ2n) is 4.05. The summed E-state index contributed by atoms with van der Waals surface area (Å²) in [7, 11) is 1.95. The lowest BCUT2D eigenvalue weighted by molar-refractivity contribution is 0.0697. The fourth-order valence-corrected chi connectivity index (χ4v) is 2.38. The second kappa shape index (κ2) is 6.05. The maximum atomic E-state index is 11.2. The zero-order valence-corrected chi connectivity index (χ0v) is 12.0. The molecule has 0 radical (unpaired) electrons. The van der Waals surface area contributed by atoms with Crippen molar-refractivity contribution < 1.29 is 9.90 Å². The van der Waals surface area contributed by atoms with Crippen LogP contribution in [0.4, 0.5) is 5.69 Å². The maximum absolute atomic E-state index is 11.2. The fraction of sp³-hybridized carbons (Fsp3) is 0.462. The molecule has 0 saturated carbocycles. The van der Waals surface area contributed by atoms with Crippen LogP contribution in [0.2, 0.25) is 0 Å². The number of hydrogen-bond donors (Lipinski definition) is 1. The van der Waals surface area contributed by atoms with E-state index in [-0.39, 0.29) is 0 Å². The summed E-state index contributed by atoms with van der Waals surface area (Å²) in [5.74, 6) is -0.890. The van der Waals surface area contributed by atoms with Crippen molar-refractivity contribution in [1.82, 2.24) is 0 Å². The van der Waals surface area contributed by atoms with Crippen molar-refractivity contribution in [2.45, 2.75) is 32.7 Å². The highest BCUT2D eigenvalue weighted by Gasteiger charge is 2.18.